The van der Waals surface area contributed by atoms with Crippen molar-refractivity contribution in [2.75, 3.05) is 19.6 Å². The molecule has 2 aliphatic rings. The number of hydrogen-bond donors (Lipinski definition) is 1. The Morgan fingerprint density at radius 2 is 2.05 bits per heavy atom. The van der Waals surface area contributed by atoms with E-state index in [4.69, 9.17) is 0 Å². The second kappa shape index (κ2) is 4.28. The van der Waals surface area contributed by atoms with Gasteiger partial charge in [-0.2, -0.15) is 4.31 Å². The Kier molecular flexibility index (Phi) is 2.80. The molecule has 1 N–H and O–H groups in total. The molecule has 108 valence electrons. The quantitative estimate of drug-likeness (QED) is 0.673. The van der Waals surface area contributed by atoms with Crippen LogP contribution in [0.15, 0.2) is 17.6 Å². The predicted molar refractivity (Wildman–Crippen MR) is 66.0 cm³/mol. The van der Waals surface area contributed by atoms with Gasteiger partial charge in [0, 0.05) is 26.3 Å². The summed E-state index contributed by atoms with van der Waals surface area (Å²) in [7, 11) is -1.97. The maximum Gasteiger partial charge on any atom is 0.324 e. The first kappa shape index (κ1) is 13.1. The van der Waals surface area contributed by atoms with Gasteiger partial charge in [-0.05, 0) is 0 Å². The normalized spacial score (nSPS) is 21.1. The second-order valence-electron chi connectivity index (χ2n) is 4.78. The molecule has 0 spiro atoms. The molecule has 1 aromatic rings. The van der Waals surface area contributed by atoms with E-state index in [0.717, 1.165) is 4.90 Å². The van der Waals surface area contributed by atoms with Crippen molar-refractivity contribution in [2.24, 2.45) is 7.05 Å². The van der Waals surface area contributed by atoms with Crippen LogP contribution in [0.3, 0.4) is 0 Å². The average molecular weight is 299 g/mol. The minimum absolute atomic E-state index is 0.0255. The molecular weight excluding hydrogens is 286 g/mol. The molecule has 0 radical (unpaired) electrons. The molecule has 0 atom stereocenters. The predicted octanol–water partition coefficient (Wildman–Crippen LogP) is -1.66. The van der Waals surface area contributed by atoms with Crippen LogP contribution in [-0.4, -0.2) is 64.8 Å². The first-order valence-corrected chi connectivity index (χ1v) is 7.41. The summed E-state index contributed by atoms with van der Waals surface area (Å²) in [4.78, 5) is 27.9. The third kappa shape index (κ3) is 1.88. The number of nitrogens with one attached hydrogen (secondary N) is 1. The molecule has 0 aliphatic carbocycles. The Morgan fingerprint density at radius 1 is 1.35 bits per heavy atom. The fourth-order valence-electron chi connectivity index (χ4n) is 2.23. The second-order valence-corrected chi connectivity index (χ2v) is 6.66. The van der Waals surface area contributed by atoms with Gasteiger partial charge in [-0.25, -0.2) is 18.2 Å². The van der Waals surface area contributed by atoms with Crippen molar-refractivity contribution < 1.29 is 18.0 Å². The van der Waals surface area contributed by atoms with E-state index < -0.39 is 22.1 Å². The topological polar surface area (TPSA) is 105 Å². The Morgan fingerprint density at radius 3 is 2.55 bits per heavy atom. The average Bonchev–Trinajstić information content (AvgIpc) is 2.88. The van der Waals surface area contributed by atoms with Gasteiger partial charge in [-0.1, -0.05) is 0 Å². The number of imide groups is 1. The zero-order chi connectivity index (χ0) is 14.5. The molecule has 1 aromatic heterocycles. The number of carbonyl (C=O) groups excluding carboxylic acids is 2. The first-order chi connectivity index (χ1) is 9.39. The molecule has 9 nitrogen and oxygen atoms in total. The maximum atomic E-state index is 12.2. The summed E-state index contributed by atoms with van der Waals surface area (Å²) in [6, 6.07) is -0.863. The van der Waals surface area contributed by atoms with Gasteiger partial charge in [0.1, 0.15) is 0 Å². The minimum atomic E-state index is -3.65. The highest BCUT2D eigenvalue weighted by Gasteiger charge is 2.46. The molecule has 2 fully saturated rings. The van der Waals surface area contributed by atoms with Crippen LogP contribution in [0.2, 0.25) is 0 Å². The third-order valence-corrected chi connectivity index (χ3v) is 5.08. The first-order valence-electron chi connectivity index (χ1n) is 5.97. The van der Waals surface area contributed by atoms with Crippen LogP contribution >= 0.6 is 0 Å². The maximum absolute atomic E-state index is 12.2. The number of hydrogen-bond acceptors (Lipinski definition) is 5. The van der Waals surface area contributed by atoms with E-state index in [1.54, 1.807) is 11.6 Å². The molecule has 3 amide bonds. The smallest absolute Gasteiger partial charge is 0.324 e. The molecule has 0 unspecified atom stereocenters. The van der Waals surface area contributed by atoms with Crippen LogP contribution in [0.4, 0.5) is 4.79 Å². The fourth-order valence-corrected chi connectivity index (χ4v) is 3.72. The van der Waals surface area contributed by atoms with E-state index in [1.807, 2.05) is 0 Å². The number of sulfonamides is 1. The van der Waals surface area contributed by atoms with Gasteiger partial charge >= 0.3 is 6.03 Å². The molecule has 3 heterocycles. The van der Waals surface area contributed by atoms with E-state index in [-0.39, 0.29) is 30.6 Å². The summed E-state index contributed by atoms with van der Waals surface area (Å²) in [6.45, 7) is 0.193. The summed E-state index contributed by atoms with van der Waals surface area (Å²) in [5.74, 6) is -0.324. The number of rotatable bonds is 3. The zero-order valence-electron chi connectivity index (χ0n) is 10.7. The largest absolute Gasteiger partial charge is 0.339 e. The van der Waals surface area contributed by atoms with Crippen LogP contribution in [0.1, 0.15) is 0 Å². The summed E-state index contributed by atoms with van der Waals surface area (Å²) >= 11 is 0. The van der Waals surface area contributed by atoms with Crippen molar-refractivity contribution in [1.82, 2.24) is 24.1 Å². The number of aryl methyl sites for hydroxylation is 1. The van der Waals surface area contributed by atoms with Crippen LogP contribution < -0.4 is 5.32 Å². The van der Waals surface area contributed by atoms with Gasteiger partial charge in [-0.3, -0.25) is 9.69 Å². The highest BCUT2D eigenvalue weighted by molar-refractivity contribution is 7.89. The van der Waals surface area contributed by atoms with Crippen molar-refractivity contribution in [3.63, 3.8) is 0 Å². The van der Waals surface area contributed by atoms with E-state index in [0.29, 0.717) is 0 Å². The number of urea groups is 1. The summed E-state index contributed by atoms with van der Waals surface area (Å²) < 4.78 is 27.1. The van der Waals surface area contributed by atoms with Crippen molar-refractivity contribution in [3.05, 3.63) is 12.5 Å². The summed E-state index contributed by atoms with van der Waals surface area (Å²) in [6.07, 6.45) is 2.82. The summed E-state index contributed by atoms with van der Waals surface area (Å²) in [5, 5.41) is 2.38. The molecule has 2 aliphatic heterocycles. The molecule has 0 bridgehead atoms. The van der Waals surface area contributed by atoms with Gasteiger partial charge < -0.3 is 9.88 Å². The van der Waals surface area contributed by atoms with Gasteiger partial charge in [-0.15, -0.1) is 0 Å². The van der Waals surface area contributed by atoms with E-state index in [1.165, 1.54) is 16.8 Å². The number of nitrogens with zero attached hydrogens (tertiary/aromatic N) is 4. The van der Waals surface area contributed by atoms with Crippen molar-refractivity contribution in [2.45, 2.75) is 11.1 Å². The van der Waals surface area contributed by atoms with E-state index in [2.05, 4.69) is 10.3 Å². The SMILES string of the molecule is Cn1cnc(S(=O)(=O)N2CC(N3C(=O)CNC3=O)C2)c1. The highest BCUT2D eigenvalue weighted by Crippen LogP contribution is 2.24. The van der Waals surface area contributed by atoms with Gasteiger partial charge in [0.05, 0.1) is 18.9 Å². The van der Waals surface area contributed by atoms with Crippen LogP contribution in [0, 0.1) is 0 Å². The lowest BCUT2D eigenvalue weighted by Crippen LogP contribution is -2.62. The Bertz CT molecular complexity index is 660. The van der Waals surface area contributed by atoms with Crippen molar-refractivity contribution in [1.29, 1.82) is 0 Å². The Hall–Kier alpha value is -1.94. The number of carbonyl (C=O) groups is 2. The van der Waals surface area contributed by atoms with Crippen LogP contribution in [0.5, 0.6) is 0 Å². The van der Waals surface area contributed by atoms with E-state index >= 15 is 0 Å². The molecule has 0 aromatic carbocycles. The standard InChI is InChI=1S/C10H13N5O4S/c1-13-5-8(12-6-13)20(18,19)14-3-7(4-14)15-9(16)2-11-10(15)17/h5-7H,2-4H2,1H3,(H,11,17). The van der Waals surface area contributed by atoms with Crippen LogP contribution in [0.25, 0.3) is 0 Å². The molecule has 20 heavy (non-hydrogen) atoms. The zero-order valence-corrected chi connectivity index (χ0v) is 11.5. The lowest BCUT2D eigenvalue weighted by molar-refractivity contribution is -0.128. The van der Waals surface area contributed by atoms with Gasteiger partial charge in [0.2, 0.25) is 5.91 Å². The molecule has 2 saturated heterocycles. The molecular formula is C10H13N5O4S. The van der Waals surface area contributed by atoms with Crippen molar-refractivity contribution in [3.8, 4) is 0 Å². The Labute approximate surface area is 115 Å². The fraction of sp³-hybridized carbons (Fsp3) is 0.500. The lowest BCUT2D eigenvalue weighted by Gasteiger charge is -2.40. The van der Waals surface area contributed by atoms with E-state index in [9.17, 15) is 18.0 Å². The lowest BCUT2D eigenvalue weighted by atomic mass is 10.1. The third-order valence-electron chi connectivity index (χ3n) is 3.36. The number of amides is 3. The molecule has 10 heteroatoms. The van der Waals surface area contributed by atoms with Crippen molar-refractivity contribution >= 4 is 22.0 Å². The monoisotopic (exact) mass is 299 g/mol. The van der Waals surface area contributed by atoms with Crippen LogP contribution in [-0.2, 0) is 21.9 Å². The summed E-state index contributed by atoms with van der Waals surface area (Å²) in [5.41, 5.74) is 0. The number of imidazole rings is 1. The molecule has 0 saturated carbocycles. The highest BCUT2D eigenvalue weighted by atomic mass is 32.2. The Balaban J connectivity index is 1.71. The number of aromatic nitrogens is 2. The molecule has 3 rings (SSSR count). The van der Waals surface area contributed by atoms with Gasteiger partial charge in [0.25, 0.3) is 10.0 Å². The minimum Gasteiger partial charge on any atom is -0.339 e. The van der Waals surface area contributed by atoms with Gasteiger partial charge in [0.15, 0.2) is 5.03 Å².